The van der Waals surface area contributed by atoms with Crippen LogP contribution in [0, 0.1) is 5.92 Å². The minimum Gasteiger partial charge on any atom is -0.496 e. The van der Waals surface area contributed by atoms with Gasteiger partial charge in [-0.05, 0) is 78.5 Å². The van der Waals surface area contributed by atoms with Crippen LogP contribution in [-0.2, 0) is 18.3 Å². The average Bonchev–Trinajstić information content (AvgIpc) is 3.37. The lowest BCUT2D eigenvalue weighted by Gasteiger charge is -2.37. The lowest BCUT2D eigenvalue weighted by molar-refractivity contribution is 0.291. The van der Waals surface area contributed by atoms with E-state index in [0.717, 1.165) is 37.2 Å². The van der Waals surface area contributed by atoms with Crippen molar-refractivity contribution in [3.05, 3.63) is 91.4 Å². The Hall–Kier alpha value is -1.78. The Morgan fingerprint density at radius 3 is 2.09 bits per heavy atom. The van der Waals surface area contributed by atoms with Crippen molar-refractivity contribution in [1.82, 2.24) is 0 Å². The third-order valence-corrected chi connectivity index (χ3v) is 9.18. The molecule has 0 radical (unpaired) electrons. The molecule has 0 aliphatic heterocycles. The van der Waals surface area contributed by atoms with Gasteiger partial charge in [-0.15, -0.1) is 0 Å². The zero-order valence-electron chi connectivity index (χ0n) is 18.8. The Kier molecular flexibility index (Phi) is 5.88. The topological polar surface area (TPSA) is 18.5 Å². The van der Waals surface area contributed by atoms with Crippen LogP contribution in [0.5, 0.6) is 11.5 Å². The number of hydrogen-bond donors (Lipinski definition) is 0. The molecule has 0 amide bonds. The Balaban J connectivity index is 1.72. The summed E-state index contributed by atoms with van der Waals surface area (Å²) in [5.74, 6) is 2.92. The van der Waals surface area contributed by atoms with E-state index in [4.69, 9.17) is 9.47 Å². The minimum absolute atomic E-state index is 0.113. The molecule has 1 unspecified atom stereocenters. The molecule has 0 heterocycles. The summed E-state index contributed by atoms with van der Waals surface area (Å²) < 4.78 is 14.3. The lowest BCUT2D eigenvalue weighted by Crippen LogP contribution is -2.32. The molecule has 2 nitrogen and oxygen atoms in total. The van der Waals surface area contributed by atoms with Crippen molar-refractivity contribution in [2.75, 3.05) is 14.2 Å². The first-order valence-electron chi connectivity index (χ1n) is 11.3. The lowest BCUT2D eigenvalue weighted by atomic mass is 9.67. The van der Waals surface area contributed by atoms with Crippen LogP contribution >= 0.6 is 31.9 Å². The molecule has 0 saturated carbocycles. The first kappa shape index (κ1) is 22.0. The van der Waals surface area contributed by atoms with Crippen molar-refractivity contribution < 1.29 is 9.47 Å². The molecule has 0 aromatic heterocycles. The normalized spacial score (nSPS) is 22.0. The van der Waals surface area contributed by atoms with Gasteiger partial charge in [0.1, 0.15) is 11.5 Å². The second kappa shape index (κ2) is 8.53. The summed E-state index contributed by atoms with van der Waals surface area (Å²) in [5, 5.41) is 0. The molecule has 0 fully saturated rings. The molecule has 3 aromatic rings. The maximum absolute atomic E-state index is 5.98. The van der Waals surface area contributed by atoms with Crippen molar-refractivity contribution in [1.29, 1.82) is 0 Å². The van der Waals surface area contributed by atoms with Crippen molar-refractivity contribution in [3.63, 3.8) is 0 Å². The van der Waals surface area contributed by atoms with Gasteiger partial charge in [0.05, 0.1) is 14.2 Å². The molecule has 0 bridgehead atoms. The standard InChI is InChI=1S/C28H28Br2O2/c1-17(18-7-5-4-6-8-18)15-19-16-21-23(30)10-12-25(32-3)27(21)28(19)14-13-20-22(29)9-11-24(31-2)26(20)28/h4-12,17,19H,13-16H2,1-3H3/t17?,19-,28-/m0/s1. The van der Waals surface area contributed by atoms with Crippen LogP contribution < -0.4 is 9.47 Å². The van der Waals surface area contributed by atoms with Gasteiger partial charge in [-0.3, -0.25) is 0 Å². The summed E-state index contributed by atoms with van der Waals surface area (Å²) in [5.41, 5.74) is 6.78. The molecule has 5 rings (SSSR count). The smallest absolute Gasteiger partial charge is 0.123 e. The Labute approximate surface area is 207 Å². The van der Waals surface area contributed by atoms with Gasteiger partial charge >= 0.3 is 0 Å². The van der Waals surface area contributed by atoms with E-state index in [9.17, 15) is 0 Å². The summed E-state index contributed by atoms with van der Waals surface area (Å²) in [6.07, 6.45) is 4.27. The third kappa shape index (κ3) is 3.25. The summed E-state index contributed by atoms with van der Waals surface area (Å²) in [4.78, 5) is 0. The third-order valence-electron chi connectivity index (χ3n) is 7.69. The van der Waals surface area contributed by atoms with E-state index in [1.165, 1.54) is 36.8 Å². The molecule has 2 aliphatic carbocycles. The second-order valence-corrected chi connectivity index (χ2v) is 10.8. The van der Waals surface area contributed by atoms with Crippen molar-refractivity contribution in [2.45, 2.75) is 43.9 Å². The fraction of sp³-hybridized carbons (Fsp3) is 0.357. The highest BCUT2D eigenvalue weighted by molar-refractivity contribution is 9.10. The SMILES string of the molecule is COc1ccc(Br)c2c1[C@@]1(CC2)c2c(OC)ccc(Br)c2C[C@@H]1CC(C)c1ccccc1. The number of halogens is 2. The van der Waals surface area contributed by atoms with Gasteiger partial charge in [0, 0.05) is 25.5 Å². The van der Waals surface area contributed by atoms with Crippen LogP contribution in [-0.4, -0.2) is 14.2 Å². The van der Waals surface area contributed by atoms with Gasteiger partial charge in [0.2, 0.25) is 0 Å². The molecule has 1 spiro atoms. The number of ether oxygens (including phenoxy) is 2. The van der Waals surface area contributed by atoms with Gasteiger partial charge in [-0.2, -0.15) is 0 Å². The summed E-state index contributed by atoms with van der Waals surface area (Å²) >= 11 is 7.72. The van der Waals surface area contributed by atoms with E-state index in [-0.39, 0.29) is 5.41 Å². The highest BCUT2D eigenvalue weighted by Gasteiger charge is 2.55. The molecule has 32 heavy (non-hydrogen) atoms. The molecule has 3 atom stereocenters. The van der Waals surface area contributed by atoms with Gasteiger partial charge in [-0.25, -0.2) is 0 Å². The molecular formula is C28H28Br2O2. The Bertz CT molecular complexity index is 1140. The van der Waals surface area contributed by atoms with Crippen LogP contribution in [0.15, 0.2) is 63.5 Å². The number of fused-ring (bicyclic) bond motifs is 4. The minimum atomic E-state index is -0.113. The highest BCUT2D eigenvalue weighted by Crippen LogP contribution is 2.63. The van der Waals surface area contributed by atoms with E-state index >= 15 is 0 Å². The molecule has 2 aliphatic rings. The second-order valence-electron chi connectivity index (χ2n) is 9.13. The molecular weight excluding hydrogens is 528 g/mol. The summed E-state index contributed by atoms with van der Waals surface area (Å²) in [7, 11) is 3.59. The van der Waals surface area contributed by atoms with Crippen LogP contribution in [0.25, 0.3) is 0 Å². The van der Waals surface area contributed by atoms with E-state index in [0.29, 0.717) is 11.8 Å². The Morgan fingerprint density at radius 1 is 0.875 bits per heavy atom. The van der Waals surface area contributed by atoms with E-state index < -0.39 is 0 Å². The predicted molar refractivity (Wildman–Crippen MR) is 137 cm³/mol. The fourth-order valence-corrected chi connectivity index (χ4v) is 7.34. The monoisotopic (exact) mass is 554 g/mol. The summed E-state index contributed by atoms with van der Waals surface area (Å²) in [6, 6.07) is 19.4. The van der Waals surface area contributed by atoms with E-state index in [1.807, 2.05) is 0 Å². The van der Waals surface area contributed by atoms with Gasteiger partial charge in [0.25, 0.3) is 0 Å². The quantitative estimate of drug-likeness (QED) is 0.319. The Morgan fingerprint density at radius 2 is 1.47 bits per heavy atom. The van der Waals surface area contributed by atoms with Crippen LogP contribution in [0.1, 0.15) is 53.5 Å². The number of benzene rings is 3. The van der Waals surface area contributed by atoms with E-state index in [2.05, 4.69) is 93.4 Å². The maximum atomic E-state index is 5.98. The van der Waals surface area contributed by atoms with Gasteiger partial charge in [0.15, 0.2) is 0 Å². The van der Waals surface area contributed by atoms with Gasteiger partial charge < -0.3 is 9.47 Å². The first-order valence-corrected chi connectivity index (χ1v) is 12.9. The van der Waals surface area contributed by atoms with Crippen LogP contribution in [0.3, 0.4) is 0 Å². The molecule has 166 valence electrons. The molecule has 0 N–H and O–H groups in total. The fourth-order valence-electron chi connectivity index (χ4n) is 6.32. The van der Waals surface area contributed by atoms with E-state index in [1.54, 1.807) is 14.2 Å². The number of methoxy groups -OCH3 is 2. The zero-order chi connectivity index (χ0) is 22.5. The van der Waals surface area contributed by atoms with Gasteiger partial charge in [-0.1, -0.05) is 69.1 Å². The molecule has 4 heteroatoms. The van der Waals surface area contributed by atoms with Crippen LogP contribution in [0.2, 0.25) is 0 Å². The zero-order valence-corrected chi connectivity index (χ0v) is 21.9. The van der Waals surface area contributed by atoms with Crippen LogP contribution in [0.4, 0.5) is 0 Å². The maximum Gasteiger partial charge on any atom is 0.123 e. The predicted octanol–water partition coefficient (Wildman–Crippen LogP) is 7.83. The molecule has 3 aromatic carbocycles. The number of hydrogen-bond acceptors (Lipinski definition) is 2. The molecule has 0 saturated heterocycles. The van der Waals surface area contributed by atoms with Crippen molar-refractivity contribution in [3.8, 4) is 11.5 Å². The largest absolute Gasteiger partial charge is 0.496 e. The average molecular weight is 556 g/mol. The highest BCUT2D eigenvalue weighted by atomic mass is 79.9. The first-order chi connectivity index (χ1) is 15.5. The number of rotatable bonds is 5. The van der Waals surface area contributed by atoms with Crippen molar-refractivity contribution in [2.24, 2.45) is 5.92 Å². The summed E-state index contributed by atoms with van der Waals surface area (Å²) in [6.45, 7) is 2.37. The van der Waals surface area contributed by atoms with Crippen molar-refractivity contribution >= 4 is 31.9 Å².